The number of hydrogen-bond donors (Lipinski definition) is 2. The number of nitrogens with one attached hydrogen (secondary N) is 1. The van der Waals surface area contributed by atoms with Crippen LogP contribution in [0.4, 0.5) is 0 Å². The third kappa shape index (κ3) is 4.70. The number of thiazole rings is 1. The molecule has 29 heavy (non-hydrogen) atoms. The molecule has 0 aliphatic rings. The molecule has 1 amide bonds. The van der Waals surface area contributed by atoms with Gasteiger partial charge in [0, 0.05) is 10.9 Å². The summed E-state index contributed by atoms with van der Waals surface area (Å²) in [5.74, 6) is 0.142. The first-order chi connectivity index (χ1) is 14.2. The summed E-state index contributed by atoms with van der Waals surface area (Å²) in [6.45, 7) is 0. The lowest BCUT2D eigenvalue weighted by atomic mass is 9.98. The number of carbonyl (C=O) groups excluding carboxylic acids is 1. The van der Waals surface area contributed by atoms with Crippen molar-refractivity contribution in [2.75, 3.05) is 0 Å². The molecule has 0 atom stereocenters. The molecular weight excluding hydrogens is 380 g/mol. The van der Waals surface area contributed by atoms with Gasteiger partial charge in [0.15, 0.2) is 0 Å². The number of amides is 1. The highest BCUT2D eigenvalue weighted by atomic mass is 32.1. The lowest BCUT2D eigenvalue weighted by Gasteiger charge is -2.19. The quantitative estimate of drug-likeness (QED) is 0.481. The van der Waals surface area contributed by atoms with E-state index >= 15 is 0 Å². The molecule has 0 unspecified atom stereocenters. The molecule has 4 aromatic rings. The van der Waals surface area contributed by atoms with E-state index in [1.54, 1.807) is 12.1 Å². The zero-order valence-electron chi connectivity index (χ0n) is 15.7. The van der Waals surface area contributed by atoms with Gasteiger partial charge in [-0.15, -0.1) is 11.3 Å². The molecule has 0 radical (unpaired) electrons. The van der Waals surface area contributed by atoms with Crippen molar-refractivity contribution in [3.05, 3.63) is 107 Å². The van der Waals surface area contributed by atoms with E-state index in [-0.39, 0.29) is 24.1 Å². The highest BCUT2D eigenvalue weighted by Gasteiger charge is 2.17. The van der Waals surface area contributed by atoms with Crippen LogP contribution in [0, 0.1) is 0 Å². The minimum absolute atomic E-state index is 0.0785. The van der Waals surface area contributed by atoms with Crippen LogP contribution in [0.5, 0.6) is 5.75 Å². The van der Waals surface area contributed by atoms with Crippen LogP contribution in [0.2, 0.25) is 0 Å². The Morgan fingerprint density at radius 3 is 2.07 bits per heavy atom. The Kier molecular flexibility index (Phi) is 5.68. The number of nitrogens with zero attached hydrogens (tertiary/aromatic N) is 1. The van der Waals surface area contributed by atoms with E-state index in [0.717, 1.165) is 27.4 Å². The summed E-state index contributed by atoms with van der Waals surface area (Å²) >= 11 is 1.49. The van der Waals surface area contributed by atoms with Gasteiger partial charge in [0.05, 0.1) is 18.2 Å². The SMILES string of the molecule is O=C(Cc1csc(-c2ccc(O)cc2)n1)NC(c1ccccc1)c1ccccc1. The van der Waals surface area contributed by atoms with E-state index in [9.17, 15) is 9.90 Å². The predicted molar refractivity (Wildman–Crippen MR) is 116 cm³/mol. The molecule has 4 rings (SSSR count). The lowest BCUT2D eigenvalue weighted by Crippen LogP contribution is -2.30. The topological polar surface area (TPSA) is 62.2 Å². The molecule has 5 heteroatoms. The lowest BCUT2D eigenvalue weighted by molar-refractivity contribution is -0.121. The van der Waals surface area contributed by atoms with Crippen LogP contribution in [-0.2, 0) is 11.2 Å². The van der Waals surface area contributed by atoms with E-state index in [4.69, 9.17) is 0 Å². The second kappa shape index (κ2) is 8.71. The van der Waals surface area contributed by atoms with Crippen molar-refractivity contribution in [2.45, 2.75) is 12.5 Å². The Balaban J connectivity index is 1.49. The average Bonchev–Trinajstić information content (AvgIpc) is 3.22. The van der Waals surface area contributed by atoms with Gasteiger partial charge in [0.25, 0.3) is 0 Å². The van der Waals surface area contributed by atoms with E-state index < -0.39 is 0 Å². The number of aromatic hydroxyl groups is 1. The van der Waals surface area contributed by atoms with E-state index in [2.05, 4.69) is 10.3 Å². The number of phenolic OH excluding ortho intramolecular Hbond substituents is 1. The molecule has 0 aliphatic heterocycles. The number of carbonyl (C=O) groups is 1. The zero-order chi connectivity index (χ0) is 20.1. The normalized spacial score (nSPS) is 10.8. The molecule has 4 nitrogen and oxygen atoms in total. The molecule has 3 aromatic carbocycles. The highest BCUT2D eigenvalue weighted by molar-refractivity contribution is 7.13. The summed E-state index contributed by atoms with van der Waals surface area (Å²) in [4.78, 5) is 17.4. The van der Waals surface area contributed by atoms with Crippen LogP contribution in [0.3, 0.4) is 0 Å². The molecule has 1 heterocycles. The first kappa shape index (κ1) is 18.9. The van der Waals surface area contributed by atoms with Crippen molar-refractivity contribution < 1.29 is 9.90 Å². The van der Waals surface area contributed by atoms with Crippen molar-refractivity contribution in [1.29, 1.82) is 0 Å². The van der Waals surface area contributed by atoms with Crippen LogP contribution in [0.15, 0.2) is 90.3 Å². The summed E-state index contributed by atoms with van der Waals surface area (Å²) in [6.07, 6.45) is 0.213. The Morgan fingerprint density at radius 2 is 1.48 bits per heavy atom. The molecule has 2 N–H and O–H groups in total. The third-order valence-electron chi connectivity index (χ3n) is 4.58. The number of rotatable bonds is 6. The maximum atomic E-state index is 12.8. The molecule has 0 saturated heterocycles. The molecule has 0 bridgehead atoms. The largest absolute Gasteiger partial charge is 0.508 e. The van der Waals surface area contributed by atoms with Crippen LogP contribution in [-0.4, -0.2) is 16.0 Å². The van der Waals surface area contributed by atoms with Gasteiger partial charge in [-0.2, -0.15) is 0 Å². The van der Waals surface area contributed by atoms with Gasteiger partial charge >= 0.3 is 0 Å². The maximum Gasteiger partial charge on any atom is 0.226 e. The number of aromatic nitrogens is 1. The smallest absolute Gasteiger partial charge is 0.226 e. The van der Waals surface area contributed by atoms with Gasteiger partial charge in [-0.1, -0.05) is 60.7 Å². The Hall–Kier alpha value is -3.44. The number of benzene rings is 3. The average molecular weight is 401 g/mol. The van der Waals surface area contributed by atoms with Crippen LogP contribution in [0.1, 0.15) is 22.9 Å². The van der Waals surface area contributed by atoms with Crippen molar-refractivity contribution in [3.8, 4) is 16.3 Å². The summed E-state index contributed by atoms with van der Waals surface area (Å²) < 4.78 is 0. The summed E-state index contributed by atoms with van der Waals surface area (Å²) in [5.41, 5.74) is 3.73. The second-order valence-corrected chi connectivity index (χ2v) is 7.55. The third-order valence-corrected chi connectivity index (χ3v) is 5.52. The summed E-state index contributed by atoms with van der Waals surface area (Å²) in [5, 5.41) is 15.3. The Bertz CT molecular complexity index is 1040. The Morgan fingerprint density at radius 1 is 0.897 bits per heavy atom. The van der Waals surface area contributed by atoms with Crippen molar-refractivity contribution in [1.82, 2.24) is 10.3 Å². The zero-order valence-corrected chi connectivity index (χ0v) is 16.5. The number of phenols is 1. The van der Waals surface area contributed by atoms with Crippen molar-refractivity contribution in [3.63, 3.8) is 0 Å². The molecular formula is C24H20N2O2S. The molecule has 1 aromatic heterocycles. The van der Waals surface area contributed by atoms with Crippen molar-refractivity contribution >= 4 is 17.2 Å². The molecule has 0 spiro atoms. The van der Waals surface area contributed by atoms with Gasteiger partial charge in [-0.05, 0) is 35.4 Å². The van der Waals surface area contributed by atoms with Gasteiger partial charge in [-0.25, -0.2) is 4.98 Å². The molecule has 0 fully saturated rings. The van der Waals surface area contributed by atoms with Crippen LogP contribution < -0.4 is 5.32 Å². The fourth-order valence-electron chi connectivity index (χ4n) is 3.15. The van der Waals surface area contributed by atoms with Gasteiger partial charge in [0.2, 0.25) is 5.91 Å². The highest BCUT2D eigenvalue weighted by Crippen LogP contribution is 2.26. The first-order valence-corrected chi connectivity index (χ1v) is 10.2. The molecule has 144 valence electrons. The van der Waals surface area contributed by atoms with Gasteiger partial charge in [0.1, 0.15) is 10.8 Å². The summed E-state index contributed by atoms with van der Waals surface area (Å²) in [7, 11) is 0. The second-order valence-electron chi connectivity index (χ2n) is 6.69. The minimum atomic E-state index is -0.208. The van der Waals surface area contributed by atoms with Crippen molar-refractivity contribution in [2.24, 2.45) is 0 Å². The molecule has 0 saturated carbocycles. The predicted octanol–water partition coefficient (Wildman–Crippen LogP) is 4.96. The van der Waals surface area contributed by atoms with Gasteiger partial charge in [-0.3, -0.25) is 4.79 Å². The van der Waals surface area contributed by atoms with E-state index in [0.29, 0.717) is 0 Å². The van der Waals surface area contributed by atoms with Gasteiger partial charge < -0.3 is 10.4 Å². The molecule has 0 aliphatic carbocycles. The van der Waals surface area contributed by atoms with Crippen LogP contribution in [0.25, 0.3) is 10.6 Å². The number of hydrogen-bond acceptors (Lipinski definition) is 4. The fraction of sp³-hybridized carbons (Fsp3) is 0.0833. The van der Waals surface area contributed by atoms with E-state index in [1.807, 2.05) is 78.2 Å². The van der Waals surface area contributed by atoms with E-state index in [1.165, 1.54) is 11.3 Å². The van der Waals surface area contributed by atoms with Crippen LogP contribution >= 0.6 is 11.3 Å². The summed E-state index contributed by atoms with van der Waals surface area (Å²) in [6, 6.07) is 26.6. The monoisotopic (exact) mass is 400 g/mol. The standard InChI is InChI=1S/C24H20N2O2S/c27-21-13-11-19(12-14-21)24-25-20(16-29-24)15-22(28)26-23(17-7-3-1-4-8-17)18-9-5-2-6-10-18/h1-14,16,23,27H,15H2,(H,26,28). The fourth-order valence-corrected chi connectivity index (χ4v) is 3.98. The maximum absolute atomic E-state index is 12.8. The first-order valence-electron chi connectivity index (χ1n) is 9.32. The Labute approximate surface area is 173 Å². The minimum Gasteiger partial charge on any atom is -0.508 e.